The summed E-state index contributed by atoms with van der Waals surface area (Å²) in [6, 6.07) is 0. The number of allylic oxidation sites excluding steroid dienone is 2. The summed E-state index contributed by atoms with van der Waals surface area (Å²) in [7, 11) is -0.0342. The van der Waals surface area contributed by atoms with Crippen LogP contribution in [0.4, 0.5) is 0 Å². The second-order valence-electron chi connectivity index (χ2n) is 3.76. The predicted molar refractivity (Wildman–Crippen MR) is 60.2 cm³/mol. The Labute approximate surface area is 87.8 Å². The van der Waals surface area contributed by atoms with Gasteiger partial charge in [0.25, 0.3) is 0 Å². The molecule has 1 aliphatic carbocycles. The van der Waals surface area contributed by atoms with Crippen molar-refractivity contribution in [2.75, 3.05) is 13.2 Å². The third-order valence-corrected chi connectivity index (χ3v) is 2.28. The molecule has 0 spiro atoms. The molecular weight excluding hydrogens is 175 g/mol. The number of hydrogen-bond donors (Lipinski definition) is 0. The smallest absolute Gasteiger partial charge is 0.407 e. The Hall–Kier alpha value is -0.275. The zero-order valence-corrected chi connectivity index (χ0v) is 9.42. The highest BCUT2D eigenvalue weighted by Crippen LogP contribution is 2.23. The third kappa shape index (κ3) is 4.82. The van der Waals surface area contributed by atoms with E-state index in [1.54, 1.807) is 0 Å². The molecule has 0 unspecified atom stereocenters. The van der Waals surface area contributed by atoms with Crippen LogP contribution >= 0.6 is 0 Å². The lowest BCUT2D eigenvalue weighted by Crippen LogP contribution is -2.23. The lowest BCUT2D eigenvalue weighted by molar-refractivity contribution is 0.199. The zero-order valence-electron chi connectivity index (χ0n) is 9.42. The number of rotatable bonds is 9. The fraction of sp³-hybridized carbons (Fsp3) is 0.818. The monoisotopic (exact) mass is 196 g/mol. The van der Waals surface area contributed by atoms with Crippen LogP contribution in [0.3, 0.4) is 0 Å². The van der Waals surface area contributed by atoms with Gasteiger partial charge in [0.15, 0.2) is 0 Å². The summed E-state index contributed by atoms with van der Waals surface area (Å²) in [6.07, 6.45) is 7.88. The highest BCUT2D eigenvalue weighted by Gasteiger charge is 2.28. The van der Waals surface area contributed by atoms with E-state index >= 15 is 0 Å². The van der Waals surface area contributed by atoms with Crippen LogP contribution in [0.1, 0.15) is 46.0 Å². The molecule has 0 aliphatic heterocycles. The molecule has 0 heterocycles. The second kappa shape index (κ2) is 7.07. The fourth-order valence-electron chi connectivity index (χ4n) is 1.18. The molecule has 2 nitrogen and oxygen atoms in total. The van der Waals surface area contributed by atoms with Gasteiger partial charge in [-0.3, -0.25) is 0 Å². The summed E-state index contributed by atoms with van der Waals surface area (Å²) in [5, 5.41) is 0. The lowest BCUT2D eigenvalue weighted by atomic mass is 9.85. The van der Waals surface area contributed by atoms with E-state index in [9.17, 15) is 0 Å². The Kier molecular flexibility index (Phi) is 5.96. The maximum atomic E-state index is 5.66. The normalized spacial score (nSPS) is 14.0. The highest BCUT2D eigenvalue weighted by atomic mass is 16.6. The van der Waals surface area contributed by atoms with Gasteiger partial charge in [0.1, 0.15) is 0 Å². The molecule has 1 rings (SSSR count). The highest BCUT2D eigenvalue weighted by molar-refractivity contribution is 6.55. The molecule has 0 atom stereocenters. The Morgan fingerprint density at radius 2 is 1.64 bits per heavy atom. The maximum Gasteiger partial charge on any atom is 0.489 e. The first-order chi connectivity index (χ1) is 6.88. The molecule has 0 aromatic carbocycles. The Morgan fingerprint density at radius 3 is 2.00 bits per heavy atom. The van der Waals surface area contributed by atoms with Crippen molar-refractivity contribution in [1.82, 2.24) is 0 Å². The van der Waals surface area contributed by atoms with Crippen molar-refractivity contribution >= 4 is 7.12 Å². The van der Waals surface area contributed by atoms with Crippen LogP contribution in [0.2, 0.25) is 0 Å². The minimum absolute atomic E-state index is 0.0342. The molecule has 14 heavy (non-hydrogen) atoms. The molecule has 80 valence electrons. The molecule has 0 saturated heterocycles. The minimum Gasteiger partial charge on any atom is -0.407 e. The lowest BCUT2D eigenvalue weighted by Gasteiger charge is -2.11. The molecule has 1 aliphatic rings. The van der Waals surface area contributed by atoms with Gasteiger partial charge >= 0.3 is 7.12 Å². The first-order valence-electron chi connectivity index (χ1n) is 5.80. The predicted octanol–water partition coefficient (Wildman–Crippen LogP) is 2.98. The van der Waals surface area contributed by atoms with Crippen LogP contribution in [0.15, 0.2) is 11.5 Å². The average molecular weight is 196 g/mol. The second-order valence-corrected chi connectivity index (χ2v) is 3.76. The quantitative estimate of drug-likeness (QED) is 0.417. The summed E-state index contributed by atoms with van der Waals surface area (Å²) < 4.78 is 11.3. The SMILES string of the molecule is CCCCOB(OCCCC)C1=CC1. The van der Waals surface area contributed by atoms with Crippen molar-refractivity contribution in [3.05, 3.63) is 11.5 Å². The van der Waals surface area contributed by atoms with Gasteiger partial charge in [-0.1, -0.05) is 32.8 Å². The van der Waals surface area contributed by atoms with Gasteiger partial charge in [-0.15, -0.1) is 0 Å². The standard InChI is InChI=1S/C11H21BO2/c1-3-5-9-13-12(11-7-8-11)14-10-6-4-2/h7H,3-6,8-10H2,1-2H3. The van der Waals surface area contributed by atoms with Gasteiger partial charge in [-0.2, -0.15) is 0 Å². The molecule has 3 heteroatoms. The molecule has 0 saturated carbocycles. The third-order valence-electron chi connectivity index (χ3n) is 2.28. The van der Waals surface area contributed by atoms with Crippen molar-refractivity contribution in [3.63, 3.8) is 0 Å². The van der Waals surface area contributed by atoms with Gasteiger partial charge < -0.3 is 9.31 Å². The van der Waals surface area contributed by atoms with Crippen LogP contribution in [0.5, 0.6) is 0 Å². The van der Waals surface area contributed by atoms with Crippen molar-refractivity contribution in [3.8, 4) is 0 Å². The van der Waals surface area contributed by atoms with Crippen molar-refractivity contribution in [1.29, 1.82) is 0 Å². The van der Waals surface area contributed by atoms with E-state index in [1.807, 2.05) is 0 Å². The van der Waals surface area contributed by atoms with E-state index in [0.717, 1.165) is 32.5 Å². The Balaban J connectivity index is 2.08. The summed E-state index contributed by atoms with van der Waals surface area (Å²) >= 11 is 0. The number of unbranched alkanes of at least 4 members (excludes halogenated alkanes) is 2. The molecule has 0 bridgehead atoms. The van der Waals surface area contributed by atoms with Crippen LogP contribution in [0, 0.1) is 0 Å². The molecule has 0 fully saturated rings. The Morgan fingerprint density at radius 1 is 1.14 bits per heavy atom. The number of hydrogen-bond acceptors (Lipinski definition) is 2. The zero-order chi connectivity index (χ0) is 10.2. The van der Waals surface area contributed by atoms with Gasteiger partial charge in [0.2, 0.25) is 0 Å². The largest absolute Gasteiger partial charge is 0.489 e. The van der Waals surface area contributed by atoms with Crippen molar-refractivity contribution in [2.24, 2.45) is 0 Å². The molecule has 0 N–H and O–H groups in total. The van der Waals surface area contributed by atoms with Crippen LogP contribution in [-0.2, 0) is 9.31 Å². The van der Waals surface area contributed by atoms with Crippen LogP contribution < -0.4 is 0 Å². The van der Waals surface area contributed by atoms with Crippen molar-refractivity contribution in [2.45, 2.75) is 46.0 Å². The summed E-state index contributed by atoms with van der Waals surface area (Å²) in [4.78, 5) is 0. The fourth-order valence-corrected chi connectivity index (χ4v) is 1.18. The minimum atomic E-state index is -0.0342. The maximum absolute atomic E-state index is 5.66. The molecule has 0 aromatic heterocycles. The van der Waals surface area contributed by atoms with Crippen molar-refractivity contribution < 1.29 is 9.31 Å². The first-order valence-corrected chi connectivity index (χ1v) is 5.80. The summed E-state index contributed by atoms with van der Waals surface area (Å²) in [6.45, 7) is 5.99. The van der Waals surface area contributed by atoms with Crippen LogP contribution in [0.25, 0.3) is 0 Å². The van der Waals surface area contributed by atoms with E-state index < -0.39 is 0 Å². The molecule has 0 aromatic rings. The van der Waals surface area contributed by atoms with Gasteiger partial charge in [-0.25, -0.2) is 0 Å². The summed E-state index contributed by atoms with van der Waals surface area (Å²) in [5.74, 6) is 0. The van der Waals surface area contributed by atoms with E-state index in [1.165, 1.54) is 18.3 Å². The van der Waals surface area contributed by atoms with E-state index in [-0.39, 0.29) is 7.12 Å². The molecule has 0 amide bonds. The van der Waals surface area contributed by atoms with E-state index in [0.29, 0.717) is 0 Å². The molecule has 0 radical (unpaired) electrons. The van der Waals surface area contributed by atoms with Gasteiger partial charge in [0.05, 0.1) is 0 Å². The average Bonchev–Trinajstić information content (AvgIpc) is 2.99. The summed E-state index contributed by atoms with van der Waals surface area (Å²) in [5.41, 5.74) is 1.33. The van der Waals surface area contributed by atoms with E-state index in [4.69, 9.17) is 9.31 Å². The molecular formula is C11H21BO2. The Bertz CT molecular complexity index is 170. The van der Waals surface area contributed by atoms with Gasteiger partial charge in [0, 0.05) is 13.2 Å². The topological polar surface area (TPSA) is 18.5 Å². The first kappa shape index (κ1) is 11.8. The van der Waals surface area contributed by atoms with Gasteiger partial charge in [-0.05, 0) is 24.7 Å². The van der Waals surface area contributed by atoms with Crippen LogP contribution in [-0.4, -0.2) is 20.3 Å². The van der Waals surface area contributed by atoms with E-state index in [2.05, 4.69) is 19.9 Å².